The molecular formula is C20H29ClFN3O3. The van der Waals surface area contributed by atoms with Crippen LogP contribution in [0.5, 0.6) is 0 Å². The lowest BCUT2D eigenvalue weighted by Gasteiger charge is -2.59. The van der Waals surface area contributed by atoms with Gasteiger partial charge in [-0.05, 0) is 31.2 Å². The van der Waals surface area contributed by atoms with Crippen molar-refractivity contribution in [3.8, 4) is 0 Å². The van der Waals surface area contributed by atoms with Gasteiger partial charge in [0.15, 0.2) is 0 Å². The van der Waals surface area contributed by atoms with Crippen LogP contribution in [-0.2, 0) is 9.53 Å². The number of amides is 2. The zero-order valence-electron chi connectivity index (χ0n) is 16.6. The minimum absolute atomic E-state index is 0. The fraction of sp³-hybridized carbons (Fsp3) is 0.600. The van der Waals surface area contributed by atoms with Gasteiger partial charge in [-0.1, -0.05) is 13.8 Å². The van der Waals surface area contributed by atoms with E-state index in [0.29, 0.717) is 44.8 Å². The summed E-state index contributed by atoms with van der Waals surface area (Å²) >= 11 is 0. The lowest BCUT2D eigenvalue weighted by Crippen LogP contribution is -2.76. The molecule has 2 N–H and O–H groups in total. The minimum atomic E-state index is -0.935. The molecule has 1 saturated heterocycles. The Hall–Kier alpha value is -1.70. The molecule has 6 nitrogen and oxygen atoms in total. The smallest absolute Gasteiger partial charge is 0.253 e. The van der Waals surface area contributed by atoms with Gasteiger partial charge in [-0.25, -0.2) is 4.39 Å². The second-order valence-corrected chi connectivity index (χ2v) is 7.93. The molecule has 1 aromatic carbocycles. The standard InChI is InChI=1S/C20H28FN3O3.ClH/c1-4-27-16-13-20(22,19(16,2)3)18(26)24-11-9-23(10-12-24)17(25)14-5-7-15(21)8-6-14;/h5-8,16H,4,9-13,22H2,1-3H3;1H. The maximum Gasteiger partial charge on any atom is 0.253 e. The summed E-state index contributed by atoms with van der Waals surface area (Å²) in [7, 11) is 0. The summed E-state index contributed by atoms with van der Waals surface area (Å²) in [6.45, 7) is 8.25. The molecule has 2 unspecified atom stereocenters. The number of nitrogens with zero attached hydrogens (tertiary/aromatic N) is 2. The average Bonchev–Trinajstić information content (AvgIpc) is 2.67. The average molecular weight is 414 g/mol. The van der Waals surface area contributed by atoms with Crippen LogP contribution in [-0.4, -0.2) is 66.0 Å². The van der Waals surface area contributed by atoms with Crippen molar-refractivity contribution in [1.82, 2.24) is 9.80 Å². The second-order valence-electron chi connectivity index (χ2n) is 7.93. The number of hydrogen-bond acceptors (Lipinski definition) is 4. The number of ether oxygens (including phenoxy) is 1. The fourth-order valence-corrected chi connectivity index (χ4v) is 3.97. The third-order valence-electron chi connectivity index (χ3n) is 6.16. The summed E-state index contributed by atoms with van der Waals surface area (Å²) in [6.07, 6.45) is 0.499. The summed E-state index contributed by atoms with van der Waals surface area (Å²) in [4.78, 5) is 29.0. The molecule has 1 heterocycles. The van der Waals surface area contributed by atoms with Crippen LogP contribution in [0.2, 0.25) is 0 Å². The van der Waals surface area contributed by atoms with Crippen LogP contribution in [0.1, 0.15) is 37.6 Å². The number of rotatable bonds is 4. The van der Waals surface area contributed by atoms with Crippen LogP contribution in [0.4, 0.5) is 4.39 Å². The molecule has 2 atom stereocenters. The van der Waals surface area contributed by atoms with Crippen molar-refractivity contribution in [1.29, 1.82) is 0 Å². The van der Waals surface area contributed by atoms with E-state index in [1.165, 1.54) is 24.3 Å². The SMILES string of the molecule is CCOC1CC(N)(C(=O)N2CCN(C(=O)c3ccc(F)cc3)CC2)C1(C)C.Cl. The predicted octanol–water partition coefficient (Wildman–Crippen LogP) is 2.06. The number of benzene rings is 1. The van der Waals surface area contributed by atoms with Gasteiger partial charge in [0, 0.05) is 50.2 Å². The molecule has 3 rings (SSSR count). The van der Waals surface area contributed by atoms with Crippen molar-refractivity contribution < 1.29 is 18.7 Å². The van der Waals surface area contributed by atoms with Gasteiger partial charge < -0.3 is 20.3 Å². The van der Waals surface area contributed by atoms with E-state index in [-0.39, 0.29) is 36.1 Å². The number of carbonyl (C=O) groups excluding carboxylic acids is 2. The van der Waals surface area contributed by atoms with E-state index < -0.39 is 11.0 Å². The maximum atomic E-state index is 13.1. The molecule has 8 heteroatoms. The van der Waals surface area contributed by atoms with Gasteiger partial charge in [0.05, 0.1) is 6.10 Å². The molecule has 2 amide bonds. The lowest BCUT2D eigenvalue weighted by atomic mass is 9.54. The molecule has 1 aromatic rings. The first-order valence-electron chi connectivity index (χ1n) is 9.45. The van der Waals surface area contributed by atoms with Crippen LogP contribution < -0.4 is 5.73 Å². The Labute approximate surface area is 171 Å². The number of nitrogens with two attached hydrogens (primary N) is 1. The highest BCUT2D eigenvalue weighted by Crippen LogP contribution is 2.50. The van der Waals surface area contributed by atoms with E-state index in [9.17, 15) is 14.0 Å². The Morgan fingerprint density at radius 3 is 2.18 bits per heavy atom. The van der Waals surface area contributed by atoms with Gasteiger partial charge in [-0.2, -0.15) is 0 Å². The number of carbonyl (C=O) groups is 2. The lowest BCUT2D eigenvalue weighted by molar-refractivity contribution is -0.180. The third-order valence-corrected chi connectivity index (χ3v) is 6.16. The molecule has 1 aliphatic carbocycles. The third kappa shape index (κ3) is 3.75. The van der Waals surface area contributed by atoms with Crippen molar-refractivity contribution in [3.63, 3.8) is 0 Å². The van der Waals surface area contributed by atoms with Crippen LogP contribution in [0.3, 0.4) is 0 Å². The van der Waals surface area contributed by atoms with E-state index >= 15 is 0 Å². The van der Waals surface area contributed by atoms with E-state index in [1.54, 1.807) is 9.80 Å². The van der Waals surface area contributed by atoms with Crippen molar-refractivity contribution in [2.24, 2.45) is 11.1 Å². The Bertz CT molecular complexity index is 720. The molecule has 0 spiro atoms. The van der Waals surface area contributed by atoms with Crippen LogP contribution >= 0.6 is 12.4 Å². The quantitative estimate of drug-likeness (QED) is 0.819. The summed E-state index contributed by atoms with van der Waals surface area (Å²) in [6, 6.07) is 5.51. The monoisotopic (exact) mass is 413 g/mol. The fourth-order valence-electron chi connectivity index (χ4n) is 3.97. The zero-order valence-corrected chi connectivity index (χ0v) is 17.4. The number of halogens is 2. The van der Waals surface area contributed by atoms with Gasteiger partial charge in [0.25, 0.3) is 5.91 Å². The second kappa shape index (κ2) is 8.35. The van der Waals surface area contributed by atoms with Gasteiger partial charge in [-0.15, -0.1) is 12.4 Å². The molecule has 2 aliphatic rings. The van der Waals surface area contributed by atoms with Crippen molar-refractivity contribution in [2.75, 3.05) is 32.8 Å². The van der Waals surface area contributed by atoms with Gasteiger partial charge in [0.2, 0.25) is 5.91 Å². The Morgan fingerprint density at radius 2 is 1.68 bits per heavy atom. The summed E-state index contributed by atoms with van der Waals surface area (Å²) in [5.74, 6) is -0.592. The van der Waals surface area contributed by atoms with Crippen molar-refractivity contribution >= 4 is 24.2 Å². The maximum absolute atomic E-state index is 13.1. The van der Waals surface area contributed by atoms with Crippen LogP contribution in [0.15, 0.2) is 24.3 Å². The zero-order chi connectivity index (χ0) is 19.8. The molecule has 0 bridgehead atoms. The van der Waals surface area contributed by atoms with E-state index in [4.69, 9.17) is 10.5 Å². The largest absolute Gasteiger partial charge is 0.378 e. The first kappa shape index (κ1) is 22.6. The van der Waals surface area contributed by atoms with Gasteiger partial charge in [0.1, 0.15) is 11.4 Å². The van der Waals surface area contributed by atoms with Crippen molar-refractivity contribution in [3.05, 3.63) is 35.6 Å². The number of piperazine rings is 1. The molecule has 156 valence electrons. The van der Waals surface area contributed by atoms with Gasteiger partial charge in [-0.3, -0.25) is 9.59 Å². The van der Waals surface area contributed by atoms with E-state index in [2.05, 4.69) is 0 Å². The topological polar surface area (TPSA) is 75.9 Å². The summed E-state index contributed by atoms with van der Waals surface area (Å²) in [5, 5.41) is 0. The molecule has 1 aliphatic heterocycles. The molecule has 28 heavy (non-hydrogen) atoms. The van der Waals surface area contributed by atoms with Gasteiger partial charge >= 0.3 is 0 Å². The molecule has 0 aromatic heterocycles. The summed E-state index contributed by atoms with van der Waals surface area (Å²) < 4.78 is 18.7. The van der Waals surface area contributed by atoms with Crippen molar-refractivity contribution in [2.45, 2.75) is 38.8 Å². The molecular weight excluding hydrogens is 385 g/mol. The van der Waals surface area contributed by atoms with Crippen LogP contribution in [0, 0.1) is 11.2 Å². The first-order valence-corrected chi connectivity index (χ1v) is 9.45. The van der Waals surface area contributed by atoms with E-state index in [0.717, 1.165) is 0 Å². The first-order chi connectivity index (χ1) is 12.7. The minimum Gasteiger partial charge on any atom is -0.378 e. The summed E-state index contributed by atoms with van der Waals surface area (Å²) in [5.41, 5.74) is 5.57. The van der Waals surface area contributed by atoms with E-state index in [1.807, 2.05) is 20.8 Å². The highest BCUT2D eigenvalue weighted by Gasteiger charge is 2.63. The highest BCUT2D eigenvalue weighted by atomic mass is 35.5. The Balaban J connectivity index is 0.00000280. The Kier molecular flexibility index (Phi) is 6.74. The molecule has 2 fully saturated rings. The molecule has 1 saturated carbocycles. The highest BCUT2D eigenvalue weighted by molar-refractivity contribution is 5.94. The normalized spacial score (nSPS) is 26.2. The number of hydrogen-bond donors (Lipinski definition) is 1. The predicted molar refractivity (Wildman–Crippen MR) is 107 cm³/mol. The van der Waals surface area contributed by atoms with Crippen LogP contribution in [0.25, 0.3) is 0 Å². The Morgan fingerprint density at radius 1 is 1.14 bits per heavy atom. The molecule has 0 radical (unpaired) electrons.